The zero-order valence-electron chi connectivity index (χ0n) is 11.9. The van der Waals surface area contributed by atoms with Crippen LogP contribution in [0.1, 0.15) is 45.3 Å². The highest BCUT2D eigenvalue weighted by molar-refractivity contribution is 8.00. The Bertz CT molecular complexity index is 463. The lowest BCUT2D eigenvalue weighted by Crippen LogP contribution is -2.51. The summed E-state index contributed by atoms with van der Waals surface area (Å²) in [7, 11) is 0. The summed E-state index contributed by atoms with van der Waals surface area (Å²) in [6.45, 7) is 6.21. The number of nitriles is 1. The van der Waals surface area contributed by atoms with Crippen LogP contribution in [0.2, 0.25) is 0 Å². The molecule has 0 aromatic carbocycles. The van der Waals surface area contributed by atoms with Crippen LogP contribution in [0, 0.1) is 18.3 Å². The maximum absolute atomic E-state index is 9.55. The van der Waals surface area contributed by atoms with Crippen molar-refractivity contribution in [3.05, 3.63) is 18.1 Å². The average molecular weight is 278 g/mol. The third-order valence-corrected chi connectivity index (χ3v) is 5.00. The lowest BCUT2D eigenvalue weighted by Gasteiger charge is -2.37. The molecule has 1 saturated carbocycles. The van der Waals surface area contributed by atoms with Crippen LogP contribution in [-0.4, -0.2) is 16.8 Å². The van der Waals surface area contributed by atoms with Crippen LogP contribution < -0.4 is 5.32 Å². The number of thioether (sulfide) groups is 1. The van der Waals surface area contributed by atoms with Crippen LogP contribution in [0.4, 0.5) is 0 Å². The second-order valence-electron chi connectivity index (χ2n) is 5.67. The SMILES string of the molecule is Cc1occc1SC1CCCC(C#N)(NC(C)C)C1. The first kappa shape index (κ1) is 14.5. The van der Waals surface area contributed by atoms with E-state index in [1.54, 1.807) is 6.26 Å². The van der Waals surface area contributed by atoms with Gasteiger partial charge in [-0.3, -0.25) is 5.32 Å². The molecule has 1 N–H and O–H groups in total. The zero-order chi connectivity index (χ0) is 13.9. The molecule has 1 aliphatic carbocycles. The van der Waals surface area contributed by atoms with Gasteiger partial charge in [0.25, 0.3) is 0 Å². The summed E-state index contributed by atoms with van der Waals surface area (Å²) >= 11 is 1.86. The summed E-state index contributed by atoms with van der Waals surface area (Å²) in [6, 6.07) is 4.90. The van der Waals surface area contributed by atoms with Gasteiger partial charge < -0.3 is 4.42 Å². The lowest BCUT2D eigenvalue weighted by molar-refractivity contribution is 0.284. The summed E-state index contributed by atoms with van der Waals surface area (Å²) in [5.41, 5.74) is -0.346. The average Bonchev–Trinajstić information content (AvgIpc) is 2.75. The van der Waals surface area contributed by atoms with E-state index in [-0.39, 0.29) is 5.54 Å². The van der Waals surface area contributed by atoms with Crippen LogP contribution in [0.15, 0.2) is 21.6 Å². The molecule has 2 rings (SSSR count). The largest absolute Gasteiger partial charge is 0.468 e. The molecule has 0 saturated heterocycles. The van der Waals surface area contributed by atoms with Gasteiger partial charge in [-0.1, -0.05) is 0 Å². The van der Waals surface area contributed by atoms with Gasteiger partial charge in [-0.05, 0) is 52.5 Å². The quantitative estimate of drug-likeness (QED) is 0.908. The molecule has 2 atom stereocenters. The van der Waals surface area contributed by atoms with Crippen molar-refractivity contribution in [1.29, 1.82) is 5.26 Å². The molecule has 19 heavy (non-hydrogen) atoms. The normalized spacial score (nSPS) is 27.4. The Balaban J connectivity index is 2.04. The van der Waals surface area contributed by atoms with E-state index in [1.165, 1.54) is 11.3 Å². The van der Waals surface area contributed by atoms with E-state index in [1.807, 2.05) is 24.8 Å². The van der Waals surface area contributed by atoms with E-state index in [4.69, 9.17) is 4.42 Å². The first-order valence-corrected chi connectivity index (χ1v) is 7.82. The highest BCUT2D eigenvalue weighted by Crippen LogP contribution is 2.39. The standard InChI is InChI=1S/C15H22N2OS/c1-11(2)17-15(10-16)7-4-5-13(9-15)19-14-6-8-18-12(14)3/h6,8,11,13,17H,4-5,7,9H2,1-3H3. The smallest absolute Gasteiger partial charge is 0.114 e. The lowest BCUT2D eigenvalue weighted by atomic mass is 9.82. The number of hydrogen-bond acceptors (Lipinski definition) is 4. The van der Waals surface area contributed by atoms with Gasteiger partial charge in [0.05, 0.1) is 12.3 Å². The first-order valence-electron chi connectivity index (χ1n) is 6.94. The van der Waals surface area contributed by atoms with E-state index < -0.39 is 0 Å². The molecule has 1 aromatic rings. The molecule has 0 bridgehead atoms. The molecular formula is C15H22N2OS. The molecule has 1 fully saturated rings. The van der Waals surface area contributed by atoms with Gasteiger partial charge >= 0.3 is 0 Å². The third kappa shape index (κ3) is 3.55. The Morgan fingerprint density at radius 2 is 2.37 bits per heavy atom. The van der Waals surface area contributed by atoms with Crippen LogP contribution in [0.3, 0.4) is 0 Å². The van der Waals surface area contributed by atoms with Crippen LogP contribution in [0.25, 0.3) is 0 Å². The van der Waals surface area contributed by atoms with E-state index in [2.05, 4.69) is 25.2 Å². The number of nitrogens with one attached hydrogen (secondary N) is 1. The van der Waals surface area contributed by atoms with Gasteiger partial charge in [-0.15, -0.1) is 11.8 Å². The molecule has 1 heterocycles. The second kappa shape index (κ2) is 6.02. The van der Waals surface area contributed by atoms with Crippen molar-refractivity contribution >= 4 is 11.8 Å². The minimum atomic E-state index is -0.346. The molecule has 0 radical (unpaired) electrons. The van der Waals surface area contributed by atoms with E-state index in [0.29, 0.717) is 11.3 Å². The van der Waals surface area contributed by atoms with Crippen molar-refractivity contribution in [3.63, 3.8) is 0 Å². The summed E-state index contributed by atoms with van der Waals surface area (Å²) in [5, 5.41) is 13.5. The molecule has 2 unspecified atom stereocenters. The zero-order valence-corrected chi connectivity index (χ0v) is 12.7. The van der Waals surface area contributed by atoms with Crippen molar-refractivity contribution in [2.24, 2.45) is 0 Å². The molecule has 0 aliphatic heterocycles. The minimum Gasteiger partial charge on any atom is -0.468 e. The van der Waals surface area contributed by atoms with Crippen molar-refractivity contribution in [2.45, 2.75) is 68.2 Å². The van der Waals surface area contributed by atoms with Crippen molar-refractivity contribution in [2.75, 3.05) is 0 Å². The predicted molar refractivity (Wildman–Crippen MR) is 78.2 cm³/mol. The van der Waals surface area contributed by atoms with Gasteiger partial charge in [-0.25, -0.2) is 0 Å². The number of rotatable bonds is 4. The number of hydrogen-bond donors (Lipinski definition) is 1. The fraction of sp³-hybridized carbons (Fsp3) is 0.667. The van der Waals surface area contributed by atoms with Gasteiger partial charge in [0.2, 0.25) is 0 Å². The van der Waals surface area contributed by atoms with Gasteiger partial charge in [0.15, 0.2) is 0 Å². The Hall–Kier alpha value is -0.920. The van der Waals surface area contributed by atoms with Crippen molar-refractivity contribution < 1.29 is 4.42 Å². The summed E-state index contributed by atoms with van der Waals surface area (Å²) < 4.78 is 5.35. The minimum absolute atomic E-state index is 0.346. The monoisotopic (exact) mass is 278 g/mol. The third-order valence-electron chi connectivity index (χ3n) is 3.59. The fourth-order valence-corrected chi connectivity index (χ4v) is 4.18. The summed E-state index contributed by atoms with van der Waals surface area (Å²) in [5.74, 6) is 0.981. The summed E-state index contributed by atoms with van der Waals surface area (Å²) in [6.07, 6.45) is 5.91. The van der Waals surface area contributed by atoms with Gasteiger partial charge in [0.1, 0.15) is 11.3 Å². The molecule has 1 aliphatic rings. The number of nitrogens with zero attached hydrogens (tertiary/aromatic N) is 1. The second-order valence-corrected chi connectivity index (χ2v) is 7.01. The maximum atomic E-state index is 9.55. The Morgan fingerprint density at radius 1 is 1.58 bits per heavy atom. The van der Waals surface area contributed by atoms with E-state index in [0.717, 1.165) is 25.0 Å². The van der Waals surface area contributed by atoms with Crippen molar-refractivity contribution in [1.82, 2.24) is 5.32 Å². The molecule has 0 spiro atoms. The molecule has 0 amide bonds. The van der Waals surface area contributed by atoms with Gasteiger partial charge in [-0.2, -0.15) is 5.26 Å². The number of furan rings is 1. The van der Waals surface area contributed by atoms with Gasteiger partial charge in [0, 0.05) is 16.2 Å². The first-order chi connectivity index (χ1) is 9.04. The number of aryl methyl sites for hydroxylation is 1. The maximum Gasteiger partial charge on any atom is 0.114 e. The van der Waals surface area contributed by atoms with Crippen LogP contribution >= 0.6 is 11.8 Å². The molecule has 3 nitrogen and oxygen atoms in total. The Morgan fingerprint density at radius 3 is 2.95 bits per heavy atom. The Labute approximate surface area is 119 Å². The van der Waals surface area contributed by atoms with Crippen molar-refractivity contribution in [3.8, 4) is 6.07 Å². The summed E-state index contributed by atoms with van der Waals surface area (Å²) in [4.78, 5) is 1.21. The Kier molecular flexibility index (Phi) is 4.59. The molecule has 104 valence electrons. The molecule has 4 heteroatoms. The van der Waals surface area contributed by atoms with Crippen LogP contribution in [-0.2, 0) is 0 Å². The topological polar surface area (TPSA) is 49.0 Å². The van der Waals surface area contributed by atoms with Crippen LogP contribution in [0.5, 0.6) is 0 Å². The fourth-order valence-electron chi connectivity index (χ4n) is 2.82. The van der Waals surface area contributed by atoms with E-state index >= 15 is 0 Å². The predicted octanol–water partition coefficient (Wildman–Crippen LogP) is 3.88. The highest BCUT2D eigenvalue weighted by Gasteiger charge is 2.37. The molecule has 1 aromatic heterocycles. The highest BCUT2D eigenvalue weighted by atomic mass is 32.2. The van der Waals surface area contributed by atoms with E-state index in [9.17, 15) is 5.26 Å². The molecular weight excluding hydrogens is 256 g/mol.